The zero-order valence-corrected chi connectivity index (χ0v) is 9.63. The second kappa shape index (κ2) is 5.32. The lowest BCUT2D eigenvalue weighted by atomic mass is 10.1. The lowest BCUT2D eigenvalue weighted by Gasteiger charge is -2.09. The molecule has 0 bridgehead atoms. The Morgan fingerprint density at radius 3 is 2.47 bits per heavy atom. The van der Waals surface area contributed by atoms with E-state index in [2.05, 4.69) is 36.5 Å². The summed E-state index contributed by atoms with van der Waals surface area (Å²) in [7, 11) is 0. The van der Waals surface area contributed by atoms with Gasteiger partial charge in [0.1, 0.15) is 0 Å². The molecule has 15 heavy (non-hydrogen) atoms. The smallest absolute Gasteiger partial charge is 0.00141 e. The minimum absolute atomic E-state index is 0.833. The summed E-state index contributed by atoms with van der Waals surface area (Å²) in [6.45, 7) is 4.62. The lowest BCUT2D eigenvalue weighted by Crippen LogP contribution is -2.24. The van der Waals surface area contributed by atoms with Crippen molar-refractivity contribution in [1.82, 2.24) is 5.32 Å². The monoisotopic (exact) mass is 203 g/mol. The van der Waals surface area contributed by atoms with E-state index in [0.717, 1.165) is 5.92 Å². The van der Waals surface area contributed by atoms with Crippen LogP contribution in [0.25, 0.3) is 0 Å². The highest BCUT2D eigenvalue weighted by Gasteiger charge is 2.19. The first-order valence-electron chi connectivity index (χ1n) is 6.17. The summed E-state index contributed by atoms with van der Waals surface area (Å²) in [4.78, 5) is 0. The Hall–Kier alpha value is -0.820. The van der Waals surface area contributed by atoms with Crippen LogP contribution < -0.4 is 5.32 Å². The number of hydrogen-bond acceptors (Lipinski definition) is 1. The molecule has 1 heteroatoms. The van der Waals surface area contributed by atoms with Gasteiger partial charge in [-0.05, 0) is 49.4 Å². The van der Waals surface area contributed by atoms with Crippen LogP contribution in [-0.4, -0.2) is 13.1 Å². The summed E-state index contributed by atoms with van der Waals surface area (Å²) in [6, 6.07) is 8.88. The van der Waals surface area contributed by atoms with Crippen LogP contribution in [0, 0.1) is 5.92 Å². The molecule has 0 saturated heterocycles. The quantitative estimate of drug-likeness (QED) is 0.726. The Morgan fingerprint density at radius 2 is 1.87 bits per heavy atom. The number of hydrogen-bond donors (Lipinski definition) is 1. The zero-order chi connectivity index (χ0) is 10.5. The van der Waals surface area contributed by atoms with E-state index in [9.17, 15) is 0 Å². The first kappa shape index (κ1) is 10.7. The second-order valence-corrected chi connectivity index (χ2v) is 4.60. The van der Waals surface area contributed by atoms with Crippen LogP contribution in [-0.2, 0) is 12.8 Å². The van der Waals surface area contributed by atoms with Crippen LogP contribution in [0.15, 0.2) is 24.3 Å². The van der Waals surface area contributed by atoms with Gasteiger partial charge in [0.2, 0.25) is 0 Å². The number of fused-ring (bicyclic) bond motifs is 1. The van der Waals surface area contributed by atoms with Crippen molar-refractivity contribution in [2.75, 3.05) is 13.1 Å². The molecule has 1 N–H and O–H groups in total. The summed E-state index contributed by atoms with van der Waals surface area (Å²) < 4.78 is 0. The standard InChI is InChI=1S/C14H21N/c1-2-3-8-15-11-12-9-13-6-4-5-7-14(13)10-12/h4-7,12,15H,2-3,8-11H2,1H3. The Bertz CT molecular complexity index is 281. The summed E-state index contributed by atoms with van der Waals surface area (Å²) >= 11 is 0. The number of nitrogens with one attached hydrogen (secondary N) is 1. The molecule has 0 atom stereocenters. The van der Waals surface area contributed by atoms with Crippen molar-refractivity contribution in [3.05, 3.63) is 35.4 Å². The molecule has 1 nitrogen and oxygen atoms in total. The van der Waals surface area contributed by atoms with E-state index in [4.69, 9.17) is 0 Å². The molecule has 0 heterocycles. The van der Waals surface area contributed by atoms with Crippen LogP contribution >= 0.6 is 0 Å². The van der Waals surface area contributed by atoms with E-state index in [-0.39, 0.29) is 0 Å². The fourth-order valence-corrected chi connectivity index (χ4v) is 2.40. The second-order valence-electron chi connectivity index (χ2n) is 4.60. The normalized spacial score (nSPS) is 15.5. The third-order valence-electron chi connectivity index (χ3n) is 3.28. The van der Waals surface area contributed by atoms with Crippen molar-refractivity contribution < 1.29 is 0 Å². The van der Waals surface area contributed by atoms with Crippen molar-refractivity contribution in [2.24, 2.45) is 5.92 Å². The Kier molecular flexibility index (Phi) is 3.79. The molecule has 1 aromatic rings. The molecule has 0 aromatic heterocycles. The molecule has 0 amide bonds. The average Bonchev–Trinajstić information content (AvgIpc) is 2.67. The average molecular weight is 203 g/mol. The van der Waals surface area contributed by atoms with Gasteiger partial charge in [-0.15, -0.1) is 0 Å². The molecule has 0 aliphatic heterocycles. The highest BCUT2D eigenvalue weighted by molar-refractivity contribution is 5.32. The molecule has 82 valence electrons. The first-order valence-corrected chi connectivity index (χ1v) is 6.17. The molecule has 0 fully saturated rings. The molecule has 0 unspecified atom stereocenters. The minimum Gasteiger partial charge on any atom is -0.316 e. The highest BCUT2D eigenvalue weighted by atomic mass is 14.9. The predicted octanol–water partition coefficient (Wildman–Crippen LogP) is 2.79. The van der Waals surface area contributed by atoms with Crippen LogP contribution in [0.4, 0.5) is 0 Å². The summed E-state index contributed by atoms with van der Waals surface area (Å²) in [5, 5.41) is 3.56. The maximum atomic E-state index is 3.56. The molecule has 0 radical (unpaired) electrons. The van der Waals surface area contributed by atoms with E-state index in [1.807, 2.05) is 0 Å². The topological polar surface area (TPSA) is 12.0 Å². The summed E-state index contributed by atoms with van der Waals surface area (Å²) in [5.41, 5.74) is 3.14. The van der Waals surface area contributed by atoms with Crippen molar-refractivity contribution >= 4 is 0 Å². The molecule has 2 rings (SSSR count). The molecule has 0 saturated carbocycles. The fourth-order valence-electron chi connectivity index (χ4n) is 2.40. The Morgan fingerprint density at radius 1 is 1.20 bits per heavy atom. The predicted molar refractivity (Wildman–Crippen MR) is 65.1 cm³/mol. The molecule has 1 aliphatic rings. The van der Waals surface area contributed by atoms with Crippen molar-refractivity contribution in [3.8, 4) is 0 Å². The van der Waals surface area contributed by atoms with Crippen molar-refractivity contribution in [3.63, 3.8) is 0 Å². The Labute approximate surface area is 92.9 Å². The zero-order valence-electron chi connectivity index (χ0n) is 9.63. The third kappa shape index (κ3) is 2.82. The van der Waals surface area contributed by atoms with Gasteiger partial charge in [0.05, 0.1) is 0 Å². The van der Waals surface area contributed by atoms with Gasteiger partial charge in [-0.25, -0.2) is 0 Å². The van der Waals surface area contributed by atoms with Crippen LogP contribution in [0.1, 0.15) is 30.9 Å². The van der Waals surface area contributed by atoms with Gasteiger partial charge in [0.15, 0.2) is 0 Å². The minimum atomic E-state index is 0.833. The van der Waals surface area contributed by atoms with Gasteiger partial charge in [0.25, 0.3) is 0 Å². The van der Waals surface area contributed by atoms with Gasteiger partial charge in [-0.1, -0.05) is 37.6 Å². The van der Waals surface area contributed by atoms with Crippen molar-refractivity contribution in [2.45, 2.75) is 32.6 Å². The van der Waals surface area contributed by atoms with Gasteiger partial charge >= 0.3 is 0 Å². The SMILES string of the molecule is CCCCNCC1Cc2ccccc2C1. The summed E-state index contributed by atoms with van der Waals surface area (Å²) in [6.07, 6.45) is 5.14. The lowest BCUT2D eigenvalue weighted by molar-refractivity contribution is 0.492. The van der Waals surface area contributed by atoms with E-state index >= 15 is 0 Å². The molecular weight excluding hydrogens is 182 g/mol. The van der Waals surface area contributed by atoms with E-state index in [1.54, 1.807) is 11.1 Å². The van der Waals surface area contributed by atoms with E-state index in [1.165, 1.54) is 38.8 Å². The summed E-state index contributed by atoms with van der Waals surface area (Å²) in [5.74, 6) is 0.833. The maximum Gasteiger partial charge on any atom is -0.00141 e. The van der Waals surface area contributed by atoms with Gasteiger partial charge in [-0.2, -0.15) is 0 Å². The van der Waals surface area contributed by atoms with Gasteiger partial charge < -0.3 is 5.32 Å². The van der Waals surface area contributed by atoms with E-state index in [0.29, 0.717) is 0 Å². The number of benzene rings is 1. The van der Waals surface area contributed by atoms with Crippen molar-refractivity contribution in [1.29, 1.82) is 0 Å². The van der Waals surface area contributed by atoms with Crippen LogP contribution in [0.2, 0.25) is 0 Å². The molecule has 0 spiro atoms. The fraction of sp³-hybridized carbons (Fsp3) is 0.571. The molecule has 1 aliphatic carbocycles. The molecule has 1 aromatic carbocycles. The number of unbranched alkanes of at least 4 members (excludes halogenated alkanes) is 1. The van der Waals surface area contributed by atoms with Gasteiger partial charge in [-0.3, -0.25) is 0 Å². The van der Waals surface area contributed by atoms with E-state index < -0.39 is 0 Å². The Balaban J connectivity index is 1.76. The highest BCUT2D eigenvalue weighted by Crippen LogP contribution is 2.25. The first-order chi connectivity index (χ1) is 7.40. The molecular formula is C14H21N. The number of rotatable bonds is 5. The van der Waals surface area contributed by atoms with Crippen LogP contribution in [0.3, 0.4) is 0 Å². The van der Waals surface area contributed by atoms with Gasteiger partial charge in [0, 0.05) is 0 Å². The largest absolute Gasteiger partial charge is 0.316 e. The van der Waals surface area contributed by atoms with Crippen LogP contribution in [0.5, 0.6) is 0 Å². The maximum absolute atomic E-state index is 3.56. The third-order valence-corrected chi connectivity index (χ3v) is 3.28.